The second kappa shape index (κ2) is 8.94. The topological polar surface area (TPSA) is 91.1 Å². The number of methoxy groups -OCH3 is 2. The summed E-state index contributed by atoms with van der Waals surface area (Å²) in [6.07, 6.45) is 3.24. The summed E-state index contributed by atoms with van der Waals surface area (Å²) in [7, 11) is 2.94. The van der Waals surface area contributed by atoms with Crippen LogP contribution in [0.3, 0.4) is 0 Å². The first-order chi connectivity index (χ1) is 17.0. The number of nitrogens with zero attached hydrogens (tertiary/aromatic N) is 3. The molecule has 0 atom stereocenters. The fourth-order valence-corrected chi connectivity index (χ4v) is 4.14. The molecule has 2 aromatic carbocycles. The highest BCUT2D eigenvalue weighted by Gasteiger charge is 2.22. The molecule has 0 radical (unpaired) electrons. The van der Waals surface area contributed by atoms with E-state index in [-0.39, 0.29) is 28.7 Å². The number of H-pyrrole nitrogens is 1. The van der Waals surface area contributed by atoms with Crippen molar-refractivity contribution in [2.24, 2.45) is 0 Å². The molecule has 5 rings (SSSR count). The van der Waals surface area contributed by atoms with Gasteiger partial charge in [0.15, 0.2) is 0 Å². The molecule has 3 aromatic heterocycles. The van der Waals surface area contributed by atoms with Crippen LogP contribution in [0.2, 0.25) is 0 Å². The maximum absolute atomic E-state index is 15.3. The standard InChI is InChI=1S/C26H21FN4O4/c1-34-17-9-10-18(19(27)12-17)25-24-20(13-23(32)30(25)15-16-6-5-11-28-14-16)29-31(26(24)33)21-7-3-4-8-22(21)35-2/h3-14,29H,15H2,1-2H3. The third kappa shape index (κ3) is 3.86. The van der Waals surface area contributed by atoms with Crippen molar-refractivity contribution in [1.82, 2.24) is 19.3 Å². The predicted octanol–water partition coefficient (Wildman–Crippen LogP) is 3.75. The number of nitrogens with one attached hydrogen (secondary N) is 1. The van der Waals surface area contributed by atoms with Crippen LogP contribution in [-0.2, 0) is 6.54 Å². The molecule has 0 aliphatic carbocycles. The Morgan fingerprint density at radius 1 is 1.00 bits per heavy atom. The van der Waals surface area contributed by atoms with Gasteiger partial charge in [0.25, 0.3) is 11.1 Å². The number of hydrogen-bond acceptors (Lipinski definition) is 5. The van der Waals surface area contributed by atoms with Gasteiger partial charge in [-0.25, -0.2) is 9.07 Å². The molecular formula is C26H21FN4O4. The zero-order valence-electron chi connectivity index (χ0n) is 19.0. The van der Waals surface area contributed by atoms with Gasteiger partial charge in [0.1, 0.15) is 23.0 Å². The third-order valence-electron chi connectivity index (χ3n) is 5.78. The maximum atomic E-state index is 15.3. The van der Waals surface area contributed by atoms with Crippen molar-refractivity contribution in [2.75, 3.05) is 14.2 Å². The number of aromatic amines is 1. The zero-order chi connectivity index (χ0) is 24.5. The van der Waals surface area contributed by atoms with Gasteiger partial charge in [-0.2, -0.15) is 0 Å². The van der Waals surface area contributed by atoms with Gasteiger partial charge in [-0.1, -0.05) is 18.2 Å². The summed E-state index contributed by atoms with van der Waals surface area (Å²) >= 11 is 0. The largest absolute Gasteiger partial charge is 0.497 e. The van der Waals surface area contributed by atoms with Gasteiger partial charge in [0, 0.05) is 30.1 Å². The molecule has 5 aromatic rings. The van der Waals surface area contributed by atoms with E-state index in [0.717, 1.165) is 5.56 Å². The Bertz CT molecular complexity index is 1650. The highest BCUT2D eigenvalue weighted by atomic mass is 19.1. The second-order valence-electron chi connectivity index (χ2n) is 7.84. The maximum Gasteiger partial charge on any atom is 0.281 e. The highest BCUT2D eigenvalue weighted by molar-refractivity contribution is 5.93. The Kier molecular flexibility index (Phi) is 5.66. The molecule has 0 bridgehead atoms. The molecule has 0 saturated carbocycles. The van der Waals surface area contributed by atoms with E-state index in [9.17, 15) is 9.59 Å². The molecule has 8 nitrogen and oxygen atoms in total. The number of aromatic nitrogens is 4. The molecule has 0 amide bonds. The minimum Gasteiger partial charge on any atom is -0.497 e. The summed E-state index contributed by atoms with van der Waals surface area (Å²) in [4.78, 5) is 31.1. The molecular weight excluding hydrogens is 451 g/mol. The van der Waals surface area contributed by atoms with E-state index in [1.54, 1.807) is 48.8 Å². The van der Waals surface area contributed by atoms with Crippen molar-refractivity contribution in [3.63, 3.8) is 0 Å². The van der Waals surface area contributed by atoms with Gasteiger partial charge in [-0.05, 0) is 35.9 Å². The first-order valence-corrected chi connectivity index (χ1v) is 10.8. The average molecular weight is 472 g/mol. The lowest BCUT2D eigenvalue weighted by atomic mass is 10.1. The van der Waals surface area contributed by atoms with Crippen LogP contribution in [0.4, 0.5) is 4.39 Å². The van der Waals surface area contributed by atoms with Gasteiger partial charge in [0.2, 0.25) is 0 Å². The van der Waals surface area contributed by atoms with Crippen molar-refractivity contribution < 1.29 is 13.9 Å². The second-order valence-corrected chi connectivity index (χ2v) is 7.84. The van der Waals surface area contributed by atoms with Gasteiger partial charge in [0.05, 0.1) is 37.4 Å². The lowest BCUT2D eigenvalue weighted by Gasteiger charge is -2.15. The van der Waals surface area contributed by atoms with Crippen LogP contribution in [-0.4, -0.2) is 33.6 Å². The lowest BCUT2D eigenvalue weighted by molar-refractivity contribution is 0.411. The first-order valence-electron chi connectivity index (χ1n) is 10.8. The number of halogens is 1. The van der Waals surface area contributed by atoms with E-state index in [0.29, 0.717) is 17.2 Å². The number of para-hydroxylation sites is 2. The van der Waals surface area contributed by atoms with Crippen LogP contribution in [0.1, 0.15) is 5.56 Å². The Morgan fingerprint density at radius 2 is 1.83 bits per heavy atom. The zero-order valence-corrected chi connectivity index (χ0v) is 19.0. The molecule has 0 aliphatic heterocycles. The van der Waals surface area contributed by atoms with Crippen molar-refractivity contribution in [1.29, 1.82) is 0 Å². The summed E-state index contributed by atoms with van der Waals surface area (Å²) in [5.41, 5.74) is 0.869. The van der Waals surface area contributed by atoms with Gasteiger partial charge < -0.3 is 14.0 Å². The molecule has 0 aliphatic rings. The number of hydrogen-bond donors (Lipinski definition) is 1. The number of rotatable bonds is 6. The molecule has 0 fully saturated rings. The molecule has 9 heteroatoms. The smallest absolute Gasteiger partial charge is 0.281 e. The summed E-state index contributed by atoms with van der Waals surface area (Å²) in [5, 5.41) is 3.16. The van der Waals surface area contributed by atoms with Crippen LogP contribution in [0.15, 0.2) is 82.6 Å². The number of benzene rings is 2. The van der Waals surface area contributed by atoms with Gasteiger partial charge >= 0.3 is 0 Å². The molecule has 176 valence electrons. The van der Waals surface area contributed by atoms with Crippen LogP contribution in [0.25, 0.3) is 27.8 Å². The summed E-state index contributed by atoms with van der Waals surface area (Å²) < 4.78 is 28.6. The van der Waals surface area contributed by atoms with E-state index in [4.69, 9.17) is 9.47 Å². The summed E-state index contributed by atoms with van der Waals surface area (Å²) in [6, 6.07) is 16.2. The Hall–Kier alpha value is -4.66. The molecule has 0 spiro atoms. The molecule has 0 saturated heterocycles. The summed E-state index contributed by atoms with van der Waals surface area (Å²) in [6.45, 7) is 0.0999. The quantitative estimate of drug-likeness (QED) is 0.407. The molecule has 35 heavy (non-hydrogen) atoms. The van der Waals surface area contributed by atoms with Crippen molar-refractivity contribution in [3.8, 4) is 28.4 Å². The van der Waals surface area contributed by atoms with Crippen LogP contribution in [0, 0.1) is 5.82 Å². The SMILES string of the molecule is COc1ccc(-c2c3c(=O)n(-c4ccccc4OC)[nH]c3cc(=O)n2Cc2cccnc2)c(F)c1. The van der Waals surface area contributed by atoms with Gasteiger partial charge in [-0.15, -0.1) is 0 Å². The van der Waals surface area contributed by atoms with Crippen molar-refractivity contribution in [2.45, 2.75) is 6.54 Å². The lowest BCUT2D eigenvalue weighted by Crippen LogP contribution is -2.24. The Labute approximate surface area is 198 Å². The van der Waals surface area contributed by atoms with Crippen LogP contribution in [0.5, 0.6) is 11.5 Å². The first kappa shape index (κ1) is 22.1. The van der Waals surface area contributed by atoms with Crippen LogP contribution < -0.4 is 20.6 Å². The average Bonchev–Trinajstić information content (AvgIpc) is 3.20. The molecule has 1 N–H and O–H groups in total. The van der Waals surface area contributed by atoms with E-state index in [1.165, 1.54) is 41.7 Å². The number of ether oxygens (including phenoxy) is 2. The Balaban J connectivity index is 1.86. The molecule has 3 heterocycles. The minimum absolute atomic E-state index is 0.0978. The van der Waals surface area contributed by atoms with E-state index in [1.807, 2.05) is 6.07 Å². The predicted molar refractivity (Wildman–Crippen MR) is 130 cm³/mol. The van der Waals surface area contributed by atoms with Gasteiger partial charge in [-0.3, -0.25) is 19.7 Å². The van der Waals surface area contributed by atoms with Crippen molar-refractivity contribution >= 4 is 10.9 Å². The summed E-state index contributed by atoms with van der Waals surface area (Å²) in [5.74, 6) is 0.157. The third-order valence-corrected chi connectivity index (χ3v) is 5.78. The number of pyridine rings is 2. The van der Waals surface area contributed by atoms with E-state index >= 15 is 4.39 Å². The Morgan fingerprint density at radius 3 is 2.54 bits per heavy atom. The fraction of sp³-hybridized carbons (Fsp3) is 0.115. The molecule has 0 unspecified atom stereocenters. The number of fused-ring (bicyclic) bond motifs is 1. The fourth-order valence-electron chi connectivity index (χ4n) is 4.14. The van der Waals surface area contributed by atoms with E-state index < -0.39 is 16.9 Å². The van der Waals surface area contributed by atoms with E-state index in [2.05, 4.69) is 10.1 Å². The highest BCUT2D eigenvalue weighted by Crippen LogP contribution is 2.31. The van der Waals surface area contributed by atoms with Crippen LogP contribution >= 0.6 is 0 Å². The monoisotopic (exact) mass is 472 g/mol. The minimum atomic E-state index is -0.624. The normalized spacial score (nSPS) is 11.1. The van der Waals surface area contributed by atoms with Crippen molar-refractivity contribution in [3.05, 3.63) is 105 Å².